The molecule has 0 bridgehead atoms. The van der Waals surface area contributed by atoms with E-state index in [4.69, 9.17) is 24.4 Å². The summed E-state index contributed by atoms with van der Waals surface area (Å²) in [5.74, 6) is 0.951. The van der Waals surface area contributed by atoms with Crippen molar-refractivity contribution >= 4 is 41.2 Å². The molecular weight excluding hydrogens is 1100 g/mol. The second kappa shape index (κ2) is 26.9. The second-order valence-electron chi connectivity index (χ2n) is 24.7. The van der Waals surface area contributed by atoms with E-state index >= 15 is 0 Å². The van der Waals surface area contributed by atoms with Crippen LogP contribution in [0.2, 0.25) is 0 Å². The van der Waals surface area contributed by atoms with Gasteiger partial charge in [0.15, 0.2) is 12.2 Å². The van der Waals surface area contributed by atoms with E-state index in [-0.39, 0.29) is 71.0 Å². The van der Waals surface area contributed by atoms with Crippen LogP contribution in [0.25, 0.3) is 0 Å². The maximum atomic E-state index is 14.7. The van der Waals surface area contributed by atoms with Crippen molar-refractivity contribution in [2.45, 2.75) is 130 Å². The lowest BCUT2D eigenvalue weighted by Crippen LogP contribution is -2.54. The molecule has 3 aliphatic carbocycles. The highest BCUT2D eigenvalue weighted by Gasteiger charge is 2.43. The van der Waals surface area contributed by atoms with Crippen LogP contribution in [0.4, 0.5) is 11.6 Å². The highest BCUT2D eigenvalue weighted by Crippen LogP contribution is 2.54. The Morgan fingerprint density at radius 1 is 0.736 bits per heavy atom. The van der Waals surface area contributed by atoms with E-state index in [9.17, 15) is 24.0 Å². The first-order valence-corrected chi connectivity index (χ1v) is 30.9. The number of carbonyl (C=O) groups is 5. The van der Waals surface area contributed by atoms with Crippen molar-refractivity contribution in [2.24, 2.45) is 5.41 Å². The molecule has 5 aliphatic rings. The van der Waals surface area contributed by atoms with Gasteiger partial charge in [-0.05, 0) is 156 Å². The van der Waals surface area contributed by atoms with Gasteiger partial charge in [-0.15, -0.1) is 0 Å². The second-order valence-corrected chi connectivity index (χ2v) is 24.7. The average molecular weight is 1180 g/mol. The van der Waals surface area contributed by atoms with Gasteiger partial charge >= 0.3 is 0 Å². The number of likely N-dealkylation sites (N-methyl/N-ethyl adjacent to an activating group) is 1. The quantitative estimate of drug-likeness (QED) is 0.0408. The number of aryl methyl sites for hydroxylation is 3. The molecule has 6 heterocycles. The number of benzene rings is 1. The Balaban J connectivity index is 0.866. The number of piperazine rings is 2. The zero-order chi connectivity index (χ0) is 61.7. The zero-order valence-corrected chi connectivity index (χ0v) is 51.8. The van der Waals surface area contributed by atoms with Crippen LogP contribution in [-0.4, -0.2) is 142 Å². The van der Waals surface area contributed by atoms with E-state index in [1.165, 1.54) is 11.6 Å². The van der Waals surface area contributed by atoms with Crippen molar-refractivity contribution in [2.75, 3.05) is 76.1 Å². The van der Waals surface area contributed by atoms with Gasteiger partial charge in [-0.25, -0.2) is 9.97 Å². The third-order valence-electron chi connectivity index (χ3n) is 17.4. The third kappa shape index (κ3) is 14.7. The van der Waals surface area contributed by atoms with E-state index in [0.717, 1.165) is 67.0 Å². The fourth-order valence-corrected chi connectivity index (χ4v) is 12.2. The SMILES string of the molecule is C=CC(=O)N1CCN(C[C@H](OC2=C(C(=O)NCC)C=C(C(=O)Nc3nc(C4CC4c4ccc(C(CN5CCN[C@H](C)C5)Oc5cc(C)c(C(=O)Nc6ncccc6C)cc5C(=O)NCC)nc4)ccc3C)C(C)(C)C2)c2ccc(C3CC3)cn2)C[C@H]1C. The molecule has 2 aliphatic heterocycles. The van der Waals surface area contributed by atoms with Gasteiger partial charge in [0.1, 0.15) is 23.1 Å². The highest BCUT2D eigenvalue weighted by molar-refractivity contribution is 6.09. The lowest BCUT2D eigenvalue weighted by atomic mass is 9.75. The number of ether oxygens (including phenoxy) is 2. The minimum atomic E-state index is -0.762. The molecule has 4 fully saturated rings. The number of nitrogens with one attached hydrogen (secondary N) is 5. The molecule has 5 aromatic rings. The maximum Gasteiger partial charge on any atom is 0.257 e. The van der Waals surface area contributed by atoms with Crippen LogP contribution >= 0.6 is 0 Å². The molecule has 3 unspecified atom stereocenters. The first-order valence-electron chi connectivity index (χ1n) is 30.9. The van der Waals surface area contributed by atoms with Crippen molar-refractivity contribution in [3.8, 4) is 5.75 Å². The Labute approximate surface area is 511 Å². The van der Waals surface area contributed by atoms with Crippen molar-refractivity contribution in [3.05, 3.63) is 171 Å². The molecule has 19 nitrogen and oxygen atoms in total. The van der Waals surface area contributed by atoms with Crippen LogP contribution in [0.3, 0.4) is 0 Å². The van der Waals surface area contributed by atoms with Crippen LogP contribution < -0.4 is 31.3 Å². The fourth-order valence-electron chi connectivity index (χ4n) is 12.2. The smallest absolute Gasteiger partial charge is 0.257 e. The summed E-state index contributed by atoms with van der Waals surface area (Å²) in [5.41, 5.74) is 7.34. The van der Waals surface area contributed by atoms with Crippen LogP contribution in [0, 0.1) is 26.2 Å². The van der Waals surface area contributed by atoms with Gasteiger partial charge in [-0.2, -0.15) is 0 Å². The average Bonchev–Trinajstić information content (AvgIpc) is 2.27. The van der Waals surface area contributed by atoms with Gasteiger partial charge in [0.25, 0.3) is 23.6 Å². The highest BCUT2D eigenvalue weighted by atomic mass is 16.5. The molecule has 5 N–H and O–H groups in total. The standard InChI is InChI=1S/C68H84N12O7/c1-11-61(81)80-28-27-79(37-44(80)8)39-60(55-22-19-46(34-73-55)45-17-18-45)87-58-33-68(9,10)53(32-52(58)65(83)70-13-3)67(85)77-63-41(5)16-21-54(75-63)50-31-49(50)47-20-23-56(74-35-47)59(38-78-26-25-71-43(7)36-78)86-57-29-42(6)48(30-51(57)64(82)69-12-2)66(84)76-62-40(4)15-14-24-72-62/h11,14-16,19-24,29-30,32,34-35,43-45,49-50,59-60,71H,1,12-13,17-18,25-28,31,33,36-39H2,2-10H3,(H,69,82)(H,70,83)(H,72,76,84)(H,75,77,85)/t43-,44-,49?,50?,59?,60+/m1/s1. The van der Waals surface area contributed by atoms with Gasteiger partial charge < -0.3 is 41.0 Å². The molecule has 2 saturated heterocycles. The number of rotatable bonds is 22. The largest absolute Gasteiger partial charge is 0.486 e. The number of allylic oxidation sites excluding steroid dienone is 1. The van der Waals surface area contributed by atoms with Crippen LogP contribution in [-0.2, 0) is 19.1 Å². The lowest BCUT2D eigenvalue weighted by molar-refractivity contribution is -0.130. The number of hydrogen-bond acceptors (Lipinski definition) is 14. The molecule has 458 valence electrons. The summed E-state index contributed by atoms with van der Waals surface area (Å²) < 4.78 is 13.9. The molecule has 10 rings (SSSR count). The Morgan fingerprint density at radius 2 is 1.41 bits per heavy atom. The van der Waals surface area contributed by atoms with Crippen molar-refractivity contribution in [1.29, 1.82) is 0 Å². The monoisotopic (exact) mass is 1180 g/mol. The normalized spacial score (nSPS) is 21.0. The summed E-state index contributed by atoms with van der Waals surface area (Å²) in [4.78, 5) is 94.8. The number of nitrogens with zero attached hydrogens (tertiary/aromatic N) is 7. The topological polar surface area (TPSA) is 225 Å². The molecule has 1 aromatic carbocycles. The van der Waals surface area contributed by atoms with Gasteiger partial charge in [0.2, 0.25) is 5.91 Å². The van der Waals surface area contributed by atoms with E-state index in [1.54, 1.807) is 24.4 Å². The number of amides is 5. The molecule has 87 heavy (non-hydrogen) atoms. The Hall–Kier alpha value is -8.13. The summed E-state index contributed by atoms with van der Waals surface area (Å²) in [6.45, 7) is 27.2. The number of pyridine rings is 4. The Kier molecular flexibility index (Phi) is 19.1. The molecule has 4 aromatic heterocycles. The minimum absolute atomic E-state index is 0.0390. The summed E-state index contributed by atoms with van der Waals surface area (Å²) in [6, 6.07) is 19.5. The fraction of sp³-hybridized carbons (Fsp3) is 0.456. The predicted octanol–water partition coefficient (Wildman–Crippen LogP) is 8.92. The van der Waals surface area contributed by atoms with Crippen molar-refractivity contribution < 1.29 is 33.4 Å². The number of hydrogen-bond donors (Lipinski definition) is 5. The van der Waals surface area contributed by atoms with Gasteiger partial charge in [0, 0.05) is 131 Å². The van der Waals surface area contributed by atoms with Gasteiger partial charge in [-0.1, -0.05) is 44.7 Å². The Morgan fingerprint density at radius 3 is 2.07 bits per heavy atom. The lowest BCUT2D eigenvalue weighted by Gasteiger charge is -2.41. The van der Waals surface area contributed by atoms with E-state index in [0.29, 0.717) is 97.3 Å². The molecule has 0 spiro atoms. The first-order chi connectivity index (χ1) is 41.8. The van der Waals surface area contributed by atoms with Gasteiger partial charge in [-0.3, -0.25) is 43.7 Å². The molecular formula is C68H84N12O7. The summed E-state index contributed by atoms with van der Waals surface area (Å²) in [6.07, 6.45) is 10.8. The summed E-state index contributed by atoms with van der Waals surface area (Å²) >= 11 is 0. The molecule has 0 radical (unpaired) electrons. The Bertz CT molecular complexity index is 3470. The van der Waals surface area contributed by atoms with Gasteiger partial charge in [0.05, 0.1) is 22.5 Å². The summed E-state index contributed by atoms with van der Waals surface area (Å²) in [7, 11) is 0. The molecule has 2 saturated carbocycles. The third-order valence-corrected chi connectivity index (χ3v) is 17.4. The van der Waals surface area contributed by atoms with Crippen LogP contribution in [0.1, 0.15) is 163 Å². The van der Waals surface area contributed by atoms with E-state index < -0.39 is 17.6 Å². The van der Waals surface area contributed by atoms with Crippen molar-refractivity contribution in [3.63, 3.8) is 0 Å². The number of carbonyl (C=O) groups excluding carboxylic acids is 5. The molecule has 19 heteroatoms. The maximum absolute atomic E-state index is 14.7. The van der Waals surface area contributed by atoms with E-state index in [2.05, 4.69) is 67.0 Å². The number of anilines is 2. The van der Waals surface area contributed by atoms with Crippen LogP contribution in [0.15, 0.2) is 115 Å². The molecule has 5 amide bonds. The van der Waals surface area contributed by atoms with Crippen LogP contribution in [0.5, 0.6) is 5.75 Å². The van der Waals surface area contributed by atoms with E-state index in [1.807, 2.05) is 109 Å². The minimum Gasteiger partial charge on any atom is -0.486 e. The zero-order valence-electron chi connectivity index (χ0n) is 51.8. The van der Waals surface area contributed by atoms with Crippen molar-refractivity contribution in [1.82, 2.24) is 50.6 Å². The first kappa shape index (κ1) is 61.9. The molecule has 6 atom stereocenters. The summed E-state index contributed by atoms with van der Waals surface area (Å²) in [5, 5.41) is 15.5. The predicted molar refractivity (Wildman–Crippen MR) is 335 cm³/mol. The number of aromatic nitrogens is 4.